The van der Waals surface area contributed by atoms with Crippen molar-refractivity contribution in [2.75, 3.05) is 7.11 Å². The Morgan fingerprint density at radius 2 is 2.00 bits per heavy atom. The summed E-state index contributed by atoms with van der Waals surface area (Å²) in [6, 6.07) is 1.05. The second kappa shape index (κ2) is 7.47. The number of carbonyl (C=O) groups excluding carboxylic acids is 2. The van der Waals surface area contributed by atoms with E-state index in [1.165, 1.54) is 7.11 Å². The molecule has 1 aromatic heterocycles. The molecular formula is C14H20BrNO4. The lowest BCUT2D eigenvalue weighted by Crippen LogP contribution is -2.46. The first-order valence-electron chi connectivity index (χ1n) is 6.59. The summed E-state index contributed by atoms with van der Waals surface area (Å²) < 4.78 is 10.5. The van der Waals surface area contributed by atoms with E-state index in [-0.39, 0.29) is 11.7 Å². The maximum atomic E-state index is 12.2. The smallest absolute Gasteiger partial charge is 0.328 e. The summed E-state index contributed by atoms with van der Waals surface area (Å²) in [5.41, 5.74) is 0.711. The molecule has 1 atom stereocenters. The average molecular weight is 346 g/mol. The van der Waals surface area contributed by atoms with Crippen LogP contribution in [0.1, 0.15) is 42.8 Å². The quantitative estimate of drug-likeness (QED) is 0.804. The Morgan fingerprint density at radius 1 is 1.40 bits per heavy atom. The number of methoxy groups -OCH3 is 1. The molecule has 1 N–H and O–H groups in total. The van der Waals surface area contributed by atoms with Gasteiger partial charge in [0.05, 0.1) is 7.11 Å². The minimum atomic E-state index is -0.661. The molecule has 1 amide bonds. The number of nitrogens with one attached hydrogen (secondary N) is 1. The Balaban J connectivity index is 2.92. The van der Waals surface area contributed by atoms with Crippen LogP contribution in [0.5, 0.6) is 0 Å². The third-order valence-electron chi connectivity index (χ3n) is 3.36. The number of rotatable bonds is 6. The molecule has 1 aromatic rings. The molecule has 0 aliphatic rings. The number of amides is 1. The second-order valence-corrected chi connectivity index (χ2v) is 5.40. The predicted molar refractivity (Wildman–Crippen MR) is 78.5 cm³/mol. The fourth-order valence-corrected chi connectivity index (χ4v) is 2.64. The van der Waals surface area contributed by atoms with Crippen LogP contribution in [0.25, 0.3) is 0 Å². The molecule has 0 saturated carbocycles. The molecule has 112 valence electrons. The molecule has 0 radical (unpaired) electrons. The first-order chi connectivity index (χ1) is 9.44. The third-order valence-corrected chi connectivity index (χ3v) is 3.75. The SMILES string of the molecule is CCC(CC)C(NC(=O)c1oc(Br)cc1C)C(=O)OC. The first-order valence-corrected chi connectivity index (χ1v) is 7.38. The van der Waals surface area contributed by atoms with Crippen LogP contribution in [0, 0.1) is 12.8 Å². The number of aryl methyl sites for hydroxylation is 1. The van der Waals surface area contributed by atoms with Crippen molar-refractivity contribution in [3.8, 4) is 0 Å². The van der Waals surface area contributed by atoms with E-state index in [4.69, 9.17) is 9.15 Å². The van der Waals surface area contributed by atoms with Crippen LogP contribution in [0.4, 0.5) is 0 Å². The van der Waals surface area contributed by atoms with Gasteiger partial charge in [-0.1, -0.05) is 26.7 Å². The zero-order chi connectivity index (χ0) is 15.3. The maximum absolute atomic E-state index is 12.2. The van der Waals surface area contributed by atoms with Gasteiger partial charge in [-0.25, -0.2) is 4.79 Å². The highest BCUT2D eigenvalue weighted by Crippen LogP contribution is 2.21. The van der Waals surface area contributed by atoms with E-state index < -0.39 is 17.9 Å². The summed E-state index contributed by atoms with van der Waals surface area (Å²) in [5, 5.41) is 2.71. The number of carbonyl (C=O) groups is 2. The van der Waals surface area contributed by atoms with Crippen LogP contribution in [0.3, 0.4) is 0 Å². The van der Waals surface area contributed by atoms with Gasteiger partial charge in [0, 0.05) is 5.56 Å². The molecule has 20 heavy (non-hydrogen) atoms. The van der Waals surface area contributed by atoms with Gasteiger partial charge in [0.1, 0.15) is 6.04 Å². The van der Waals surface area contributed by atoms with Crippen molar-refractivity contribution in [3.05, 3.63) is 22.1 Å². The van der Waals surface area contributed by atoms with E-state index in [9.17, 15) is 9.59 Å². The van der Waals surface area contributed by atoms with Gasteiger partial charge < -0.3 is 14.5 Å². The Hall–Kier alpha value is -1.30. The van der Waals surface area contributed by atoms with E-state index in [1.54, 1.807) is 13.0 Å². The molecule has 0 aromatic carbocycles. The van der Waals surface area contributed by atoms with E-state index in [0.29, 0.717) is 10.2 Å². The van der Waals surface area contributed by atoms with Gasteiger partial charge in [-0.2, -0.15) is 0 Å². The highest BCUT2D eigenvalue weighted by molar-refractivity contribution is 9.10. The number of furan rings is 1. The number of esters is 1. The fourth-order valence-electron chi connectivity index (χ4n) is 2.13. The zero-order valence-electron chi connectivity index (χ0n) is 12.2. The Morgan fingerprint density at radius 3 is 2.40 bits per heavy atom. The lowest BCUT2D eigenvalue weighted by Gasteiger charge is -2.23. The number of hydrogen-bond acceptors (Lipinski definition) is 4. The monoisotopic (exact) mass is 345 g/mol. The summed E-state index contributed by atoms with van der Waals surface area (Å²) in [6.07, 6.45) is 1.55. The number of hydrogen-bond donors (Lipinski definition) is 1. The van der Waals surface area contributed by atoms with Crippen molar-refractivity contribution in [3.63, 3.8) is 0 Å². The van der Waals surface area contributed by atoms with E-state index in [0.717, 1.165) is 12.8 Å². The summed E-state index contributed by atoms with van der Waals surface area (Å²) in [4.78, 5) is 24.1. The van der Waals surface area contributed by atoms with E-state index in [2.05, 4.69) is 21.2 Å². The molecule has 0 spiro atoms. The van der Waals surface area contributed by atoms with Crippen molar-refractivity contribution in [2.24, 2.45) is 5.92 Å². The minimum absolute atomic E-state index is 0.0325. The lowest BCUT2D eigenvalue weighted by molar-refractivity contribution is -0.144. The maximum Gasteiger partial charge on any atom is 0.328 e. The molecule has 5 nitrogen and oxygen atoms in total. The average Bonchev–Trinajstić information content (AvgIpc) is 2.76. The molecule has 1 heterocycles. The zero-order valence-corrected chi connectivity index (χ0v) is 13.7. The molecule has 0 bridgehead atoms. The first kappa shape index (κ1) is 16.8. The third kappa shape index (κ3) is 3.85. The highest BCUT2D eigenvalue weighted by Gasteiger charge is 2.30. The highest BCUT2D eigenvalue weighted by atomic mass is 79.9. The molecule has 6 heteroatoms. The fraction of sp³-hybridized carbons (Fsp3) is 0.571. The second-order valence-electron chi connectivity index (χ2n) is 4.61. The normalized spacial score (nSPS) is 12.3. The van der Waals surface area contributed by atoms with Crippen molar-refractivity contribution in [1.82, 2.24) is 5.32 Å². The van der Waals surface area contributed by atoms with Crippen LogP contribution < -0.4 is 5.32 Å². The van der Waals surface area contributed by atoms with Crippen molar-refractivity contribution < 1.29 is 18.7 Å². The van der Waals surface area contributed by atoms with Gasteiger partial charge in [-0.15, -0.1) is 0 Å². The standard InChI is InChI=1S/C14H20BrNO4/c1-5-9(6-2)11(14(18)19-4)16-13(17)12-8(3)7-10(15)20-12/h7,9,11H,5-6H2,1-4H3,(H,16,17). The van der Waals surface area contributed by atoms with Gasteiger partial charge in [0.25, 0.3) is 5.91 Å². The summed E-state index contributed by atoms with van der Waals surface area (Å²) >= 11 is 3.18. The Labute approximate surface area is 127 Å². The summed E-state index contributed by atoms with van der Waals surface area (Å²) in [7, 11) is 1.32. The Kier molecular flexibility index (Phi) is 6.26. The van der Waals surface area contributed by atoms with Crippen molar-refractivity contribution >= 4 is 27.8 Å². The predicted octanol–water partition coefficient (Wildman–Crippen LogP) is 3.06. The molecule has 0 aliphatic heterocycles. The van der Waals surface area contributed by atoms with Gasteiger partial charge in [0.2, 0.25) is 0 Å². The molecule has 1 rings (SSSR count). The van der Waals surface area contributed by atoms with Crippen LogP contribution in [0.15, 0.2) is 15.2 Å². The van der Waals surface area contributed by atoms with E-state index in [1.807, 2.05) is 13.8 Å². The van der Waals surface area contributed by atoms with E-state index >= 15 is 0 Å². The van der Waals surface area contributed by atoms with Crippen LogP contribution in [-0.4, -0.2) is 25.0 Å². The van der Waals surface area contributed by atoms with Crippen molar-refractivity contribution in [1.29, 1.82) is 0 Å². The van der Waals surface area contributed by atoms with Crippen molar-refractivity contribution in [2.45, 2.75) is 39.7 Å². The molecule has 0 aliphatic carbocycles. The lowest BCUT2D eigenvalue weighted by atomic mass is 9.94. The van der Waals surface area contributed by atoms with Crippen LogP contribution in [-0.2, 0) is 9.53 Å². The number of ether oxygens (including phenoxy) is 1. The number of halogens is 1. The Bertz CT molecular complexity index is 480. The topological polar surface area (TPSA) is 68.5 Å². The van der Waals surface area contributed by atoms with Gasteiger partial charge in [0.15, 0.2) is 10.4 Å². The van der Waals surface area contributed by atoms with Gasteiger partial charge in [-0.3, -0.25) is 4.79 Å². The largest absolute Gasteiger partial charge is 0.467 e. The summed E-state index contributed by atoms with van der Waals surface area (Å²) in [6.45, 7) is 5.73. The molecule has 1 unspecified atom stereocenters. The van der Waals surface area contributed by atoms with Gasteiger partial charge >= 0.3 is 5.97 Å². The van der Waals surface area contributed by atoms with Gasteiger partial charge in [-0.05, 0) is 34.8 Å². The van der Waals surface area contributed by atoms with Crippen LogP contribution >= 0.6 is 15.9 Å². The van der Waals surface area contributed by atoms with Crippen LogP contribution in [0.2, 0.25) is 0 Å². The molecule has 0 saturated heterocycles. The minimum Gasteiger partial charge on any atom is -0.467 e. The summed E-state index contributed by atoms with van der Waals surface area (Å²) in [5.74, 6) is -0.604. The molecular weight excluding hydrogens is 326 g/mol. The molecule has 0 fully saturated rings.